The minimum absolute atomic E-state index is 0.115. The quantitative estimate of drug-likeness (QED) is 0.783. The molecular formula is C12H19FN2O. The van der Waals surface area contributed by atoms with E-state index < -0.39 is 0 Å². The monoisotopic (exact) mass is 226 g/mol. The Morgan fingerprint density at radius 3 is 2.50 bits per heavy atom. The fraction of sp³-hybridized carbons (Fsp3) is 0.583. The summed E-state index contributed by atoms with van der Waals surface area (Å²) < 4.78 is 12.6. The highest BCUT2D eigenvalue weighted by atomic mass is 19.1. The number of nitrogens with zero attached hydrogens (tertiary/aromatic N) is 1. The Labute approximate surface area is 95.7 Å². The molecule has 3 nitrogen and oxygen atoms in total. The first-order valence-corrected chi connectivity index (χ1v) is 5.62. The van der Waals surface area contributed by atoms with Crippen molar-refractivity contribution in [1.82, 2.24) is 4.98 Å². The summed E-state index contributed by atoms with van der Waals surface area (Å²) in [5.74, 6) is 0.297. The number of hydrogen-bond donors (Lipinski definition) is 2. The minimum atomic E-state index is -0.343. The van der Waals surface area contributed by atoms with Crippen molar-refractivity contribution in [3.8, 4) is 0 Å². The molecule has 1 heterocycles. The van der Waals surface area contributed by atoms with Gasteiger partial charge >= 0.3 is 0 Å². The maximum absolute atomic E-state index is 12.6. The summed E-state index contributed by atoms with van der Waals surface area (Å²) in [5, 5.41) is 12.5. The average molecular weight is 226 g/mol. The molecular weight excluding hydrogens is 207 g/mol. The molecule has 0 aliphatic carbocycles. The molecule has 2 N–H and O–H groups in total. The van der Waals surface area contributed by atoms with Crippen LogP contribution in [-0.2, 0) is 0 Å². The Kier molecular flexibility index (Phi) is 4.68. The molecule has 0 fully saturated rings. The highest BCUT2D eigenvalue weighted by Crippen LogP contribution is 2.25. The number of aromatic nitrogens is 1. The van der Waals surface area contributed by atoms with E-state index in [1.54, 1.807) is 6.07 Å². The lowest BCUT2D eigenvalue weighted by Gasteiger charge is -2.29. The Bertz CT molecular complexity index is 301. The summed E-state index contributed by atoms with van der Waals surface area (Å²) in [6.45, 7) is 4.91. The lowest BCUT2D eigenvalue weighted by atomic mass is 9.83. The van der Waals surface area contributed by atoms with Gasteiger partial charge in [0.15, 0.2) is 0 Å². The molecule has 0 saturated carbocycles. The third-order valence-electron chi connectivity index (χ3n) is 3.21. The summed E-state index contributed by atoms with van der Waals surface area (Å²) in [6.07, 6.45) is 2.98. The number of aliphatic hydroxyl groups excluding tert-OH is 1. The van der Waals surface area contributed by atoms with Crippen molar-refractivity contribution in [3.63, 3.8) is 0 Å². The van der Waals surface area contributed by atoms with Crippen LogP contribution in [0.3, 0.4) is 0 Å². The van der Waals surface area contributed by atoms with E-state index in [1.807, 2.05) is 0 Å². The van der Waals surface area contributed by atoms with Crippen molar-refractivity contribution < 1.29 is 9.50 Å². The van der Waals surface area contributed by atoms with Gasteiger partial charge in [-0.15, -0.1) is 0 Å². The molecule has 1 rings (SSSR count). The second kappa shape index (κ2) is 5.80. The molecule has 0 atom stereocenters. The van der Waals surface area contributed by atoms with Gasteiger partial charge in [0.05, 0.1) is 12.8 Å². The van der Waals surface area contributed by atoms with Crippen LogP contribution in [-0.4, -0.2) is 23.2 Å². The molecule has 0 radical (unpaired) electrons. The SMILES string of the molecule is CCC(CC)(CO)CNc1ccc(F)cn1. The first-order valence-electron chi connectivity index (χ1n) is 5.62. The van der Waals surface area contributed by atoms with Gasteiger partial charge in [-0.2, -0.15) is 0 Å². The van der Waals surface area contributed by atoms with Crippen LogP contribution in [0.25, 0.3) is 0 Å². The van der Waals surface area contributed by atoms with Crippen LogP contribution in [0.2, 0.25) is 0 Å². The molecule has 4 heteroatoms. The number of aliphatic hydroxyl groups is 1. The molecule has 0 amide bonds. The highest BCUT2D eigenvalue weighted by molar-refractivity contribution is 5.33. The van der Waals surface area contributed by atoms with Gasteiger partial charge in [-0.05, 0) is 25.0 Å². The maximum atomic E-state index is 12.6. The van der Waals surface area contributed by atoms with Crippen molar-refractivity contribution in [2.45, 2.75) is 26.7 Å². The van der Waals surface area contributed by atoms with E-state index >= 15 is 0 Å². The van der Waals surface area contributed by atoms with E-state index in [0.717, 1.165) is 12.8 Å². The summed E-state index contributed by atoms with van der Waals surface area (Å²) in [4.78, 5) is 3.92. The number of halogens is 1. The van der Waals surface area contributed by atoms with Gasteiger partial charge < -0.3 is 10.4 Å². The minimum Gasteiger partial charge on any atom is -0.396 e. The Morgan fingerprint density at radius 1 is 1.38 bits per heavy atom. The molecule has 0 saturated heterocycles. The summed E-state index contributed by atoms with van der Waals surface area (Å²) >= 11 is 0. The van der Waals surface area contributed by atoms with Crippen LogP contribution in [0.5, 0.6) is 0 Å². The largest absolute Gasteiger partial charge is 0.396 e. The normalized spacial score (nSPS) is 11.5. The van der Waals surface area contributed by atoms with Crippen molar-refractivity contribution >= 4 is 5.82 Å². The second-order valence-electron chi connectivity index (χ2n) is 4.08. The van der Waals surface area contributed by atoms with Gasteiger partial charge in [0.1, 0.15) is 11.6 Å². The second-order valence-corrected chi connectivity index (χ2v) is 4.08. The van der Waals surface area contributed by atoms with Crippen LogP contribution in [0, 0.1) is 11.2 Å². The van der Waals surface area contributed by atoms with Crippen LogP contribution in [0.4, 0.5) is 10.2 Å². The van der Waals surface area contributed by atoms with Crippen molar-refractivity contribution in [2.75, 3.05) is 18.5 Å². The maximum Gasteiger partial charge on any atom is 0.141 e. The smallest absolute Gasteiger partial charge is 0.141 e. The number of hydrogen-bond acceptors (Lipinski definition) is 3. The molecule has 0 aliphatic rings. The molecule has 0 bridgehead atoms. The zero-order valence-corrected chi connectivity index (χ0v) is 9.83. The van der Waals surface area contributed by atoms with Gasteiger partial charge in [-0.3, -0.25) is 0 Å². The number of anilines is 1. The third kappa shape index (κ3) is 3.17. The van der Waals surface area contributed by atoms with Crippen molar-refractivity contribution in [1.29, 1.82) is 0 Å². The summed E-state index contributed by atoms with van der Waals surface area (Å²) in [7, 11) is 0. The number of rotatable bonds is 6. The predicted octanol–water partition coefficient (Wildman–Crippen LogP) is 2.43. The Morgan fingerprint density at radius 2 is 2.06 bits per heavy atom. The van der Waals surface area contributed by atoms with E-state index in [1.165, 1.54) is 12.3 Å². The molecule has 0 aromatic carbocycles. The van der Waals surface area contributed by atoms with Gasteiger partial charge in [0.25, 0.3) is 0 Å². The predicted molar refractivity (Wildman–Crippen MR) is 62.8 cm³/mol. The van der Waals surface area contributed by atoms with E-state index in [-0.39, 0.29) is 17.8 Å². The molecule has 0 aliphatic heterocycles. The fourth-order valence-corrected chi connectivity index (χ4v) is 1.54. The summed E-state index contributed by atoms with van der Waals surface area (Å²) in [5.41, 5.74) is -0.115. The lowest BCUT2D eigenvalue weighted by molar-refractivity contribution is 0.127. The lowest BCUT2D eigenvalue weighted by Crippen LogP contribution is -2.32. The third-order valence-corrected chi connectivity index (χ3v) is 3.21. The van der Waals surface area contributed by atoms with Gasteiger partial charge in [0, 0.05) is 12.0 Å². The Balaban J connectivity index is 2.58. The zero-order valence-electron chi connectivity index (χ0n) is 9.83. The van der Waals surface area contributed by atoms with E-state index in [9.17, 15) is 9.50 Å². The van der Waals surface area contributed by atoms with Crippen LogP contribution >= 0.6 is 0 Å². The van der Waals surface area contributed by atoms with E-state index in [4.69, 9.17) is 0 Å². The Hall–Kier alpha value is -1.16. The van der Waals surface area contributed by atoms with Crippen LogP contribution in [0.1, 0.15) is 26.7 Å². The first-order chi connectivity index (χ1) is 7.65. The average Bonchev–Trinajstić information content (AvgIpc) is 2.34. The molecule has 0 spiro atoms. The topological polar surface area (TPSA) is 45.1 Å². The molecule has 1 aromatic rings. The molecule has 0 unspecified atom stereocenters. The van der Waals surface area contributed by atoms with E-state index in [0.29, 0.717) is 12.4 Å². The molecule has 1 aromatic heterocycles. The summed E-state index contributed by atoms with van der Waals surface area (Å²) in [6, 6.07) is 2.97. The van der Waals surface area contributed by atoms with Gasteiger partial charge in [-0.25, -0.2) is 9.37 Å². The highest BCUT2D eigenvalue weighted by Gasteiger charge is 2.24. The fourth-order valence-electron chi connectivity index (χ4n) is 1.54. The van der Waals surface area contributed by atoms with Crippen LogP contribution < -0.4 is 5.32 Å². The first kappa shape index (κ1) is 12.9. The standard InChI is InChI=1S/C12H19FN2O/c1-3-12(4-2,9-16)8-15-11-6-5-10(13)7-14-11/h5-7,16H,3-4,8-9H2,1-2H3,(H,14,15). The van der Waals surface area contributed by atoms with E-state index in [2.05, 4.69) is 24.1 Å². The van der Waals surface area contributed by atoms with Gasteiger partial charge in [0.2, 0.25) is 0 Å². The van der Waals surface area contributed by atoms with Crippen molar-refractivity contribution in [3.05, 3.63) is 24.1 Å². The van der Waals surface area contributed by atoms with Crippen LogP contribution in [0.15, 0.2) is 18.3 Å². The van der Waals surface area contributed by atoms with Gasteiger partial charge in [-0.1, -0.05) is 13.8 Å². The molecule has 16 heavy (non-hydrogen) atoms. The number of nitrogens with one attached hydrogen (secondary N) is 1. The zero-order chi connectivity index (χ0) is 12.0. The van der Waals surface area contributed by atoms with Crippen molar-refractivity contribution in [2.24, 2.45) is 5.41 Å². The number of pyridine rings is 1. The molecule has 90 valence electrons.